The van der Waals surface area contributed by atoms with Crippen LogP contribution >= 0.6 is 0 Å². The number of aliphatic hydroxyl groups is 1. The third kappa shape index (κ3) is 13.0. The quantitative estimate of drug-likeness (QED) is 0.479. The van der Waals surface area contributed by atoms with Crippen LogP contribution in [0.2, 0.25) is 0 Å². The van der Waals surface area contributed by atoms with Gasteiger partial charge in [-0.15, -0.1) is 0 Å². The largest absolute Gasteiger partial charge is 0.472 e. The van der Waals surface area contributed by atoms with Crippen LogP contribution in [-0.2, 0) is 4.79 Å². The van der Waals surface area contributed by atoms with E-state index >= 15 is 0 Å². The van der Waals surface area contributed by atoms with Crippen LogP contribution in [0.5, 0.6) is 0 Å². The lowest BCUT2D eigenvalue weighted by atomic mass is 10.1. The molecule has 2 N–H and O–H groups in total. The van der Waals surface area contributed by atoms with Crippen molar-refractivity contribution < 1.29 is 15.0 Å². The summed E-state index contributed by atoms with van der Waals surface area (Å²) in [5.74, 6) is 3.67. The summed E-state index contributed by atoms with van der Waals surface area (Å²) in [6.07, 6.45) is 8.37. The van der Waals surface area contributed by atoms with Crippen molar-refractivity contribution in [3.63, 3.8) is 0 Å². The van der Waals surface area contributed by atoms with Crippen LogP contribution in [0.25, 0.3) is 0 Å². The van der Waals surface area contributed by atoms with Crippen LogP contribution in [0.15, 0.2) is 0 Å². The minimum atomic E-state index is -1.04. The molecule has 3 heteroatoms. The van der Waals surface area contributed by atoms with Gasteiger partial charge in [0.1, 0.15) is 0 Å². The highest BCUT2D eigenvalue weighted by Gasteiger charge is 1.90. The van der Waals surface area contributed by atoms with Crippen LogP contribution in [0.4, 0.5) is 0 Å². The van der Waals surface area contributed by atoms with Gasteiger partial charge in [0.25, 0.3) is 0 Å². The van der Waals surface area contributed by atoms with Crippen molar-refractivity contribution in [3.8, 4) is 11.8 Å². The molecule has 15 heavy (non-hydrogen) atoms. The van der Waals surface area contributed by atoms with E-state index in [9.17, 15) is 4.79 Å². The molecule has 0 unspecified atom stereocenters. The van der Waals surface area contributed by atoms with E-state index in [0.717, 1.165) is 25.7 Å². The Kier molecular flexibility index (Phi) is 10.3. The summed E-state index contributed by atoms with van der Waals surface area (Å²) in [7, 11) is 0. The molecule has 0 rings (SSSR count). The predicted octanol–water partition coefficient (Wildman–Crippen LogP) is 2.19. The number of aliphatic hydroxyl groups excluding tert-OH is 1. The highest BCUT2D eigenvalue weighted by molar-refractivity contribution is 5.86. The summed E-state index contributed by atoms with van der Waals surface area (Å²) in [5.41, 5.74) is 0. The zero-order valence-corrected chi connectivity index (χ0v) is 9.17. The molecule has 0 radical (unpaired) electrons. The molecule has 0 fully saturated rings. The van der Waals surface area contributed by atoms with Gasteiger partial charge in [-0.05, 0) is 12.8 Å². The summed E-state index contributed by atoms with van der Waals surface area (Å²) in [5, 5.41) is 16.8. The average Bonchev–Trinajstić information content (AvgIpc) is 2.20. The monoisotopic (exact) mass is 212 g/mol. The molecule has 86 valence electrons. The molecule has 0 aromatic rings. The summed E-state index contributed by atoms with van der Waals surface area (Å²) < 4.78 is 0. The predicted molar refractivity (Wildman–Crippen MR) is 59.4 cm³/mol. The first kappa shape index (κ1) is 14.0. The van der Waals surface area contributed by atoms with Gasteiger partial charge in [-0.2, -0.15) is 0 Å². The Morgan fingerprint density at radius 1 is 0.933 bits per heavy atom. The number of rotatable bonds is 8. The van der Waals surface area contributed by atoms with Crippen molar-refractivity contribution in [3.05, 3.63) is 0 Å². The highest BCUT2D eigenvalue weighted by atomic mass is 16.4. The number of aliphatic carboxylic acids is 1. The maximum absolute atomic E-state index is 10.0. The summed E-state index contributed by atoms with van der Waals surface area (Å²) >= 11 is 0. The molecule has 0 bridgehead atoms. The van der Waals surface area contributed by atoms with Crippen molar-refractivity contribution >= 4 is 5.97 Å². The van der Waals surface area contributed by atoms with Gasteiger partial charge in [0.2, 0.25) is 0 Å². The molecule has 0 aliphatic carbocycles. The summed E-state index contributed by atoms with van der Waals surface area (Å²) in [6.45, 7) is 0.296. The fourth-order valence-corrected chi connectivity index (χ4v) is 1.35. The van der Waals surface area contributed by atoms with Crippen LogP contribution in [0.3, 0.4) is 0 Å². The Balaban J connectivity index is 3.06. The highest BCUT2D eigenvalue weighted by Crippen LogP contribution is 2.07. The van der Waals surface area contributed by atoms with E-state index < -0.39 is 5.97 Å². The van der Waals surface area contributed by atoms with Gasteiger partial charge in [0.05, 0.1) is 0 Å². The van der Waals surface area contributed by atoms with Gasteiger partial charge in [0, 0.05) is 18.9 Å². The van der Waals surface area contributed by atoms with Gasteiger partial charge in [-0.25, -0.2) is 4.79 Å². The molecule has 0 aromatic heterocycles. The minimum Gasteiger partial charge on any atom is -0.472 e. The number of carbonyl (C=O) groups is 1. The van der Waals surface area contributed by atoms with Gasteiger partial charge >= 0.3 is 5.97 Å². The molecule has 0 aliphatic rings. The topological polar surface area (TPSA) is 57.5 Å². The smallest absolute Gasteiger partial charge is 0.381 e. The number of unbranched alkanes of at least 4 members (excludes halogenated alkanes) is 7. The maximum Gasteiger partial charge on any atom is 0.381 e. The second kappa shape index (κ2) is 11.1. The fraction of sp³-hybridized carbons (Fsp3) is 0.750. The molecule has 3 nitrogen and oxygen atoms in total. The summed E-state index contributed by atoms with van der Waals surface area (Å²) in [6, 6.07) is 0. The molecular weight excluding hydrogens is 192 g/mol. The van der Waals surface area contributed by atoms with E-state index in [1.807, 2.05) is 0 Å². The molecular formula is C12H20O3. The van der Waals surface area contributed by atoms with Crippen LogP contribution in [0.1, 0.15) is 51.4 Å². The van der Waals surface area contributed by atoms with Gasteiger partial charge in [0.15, 0.2) is 0 Å². The number of carboxylic acids is 1. The third-order valence-corrected chi connectivity index (χ3v) is 2.16. The van der Waals surface area contributed by atoms with E-state index in [0.29, 0.717) is 13.0 Å². The Hall–Kier alpha value is -1.01. The molecule has 0 aliphatic heterocycles. The van der Waals surface area contributed by atoms with Crippen molar-refractivity contribution in [1.82, 2.24) is 0 Å². The van der Waals surface area contributed by atoms with Gasteiger partial charge in [-0.1, -0.05) is 38.0 Å². The Labute approximate surface area is 91.5 Å². The first-order chi connectivity index (χ1) is 7.27. The fourth-order valence-electron chi connectivity index (χ4n) is 1.35. The Morgan fingerprint density at radius 3 is 2.00 bits per heavy atom. The first-order valence-electron chi connectivity index (χ1n) is 5.60. The van der Waals surface area contributed by atoms with Crippen LogP contribution < -0.4 is 0 Å². The summed E-state index contributed by atoms with van der Waals surface area (Å²) in [4.78, 5) is 10.0. The molecule has 0 spiro atoms. The standard InChI is InChI=1S/C12H20O3/c13-11-9-7-5-3-1-2-4-6-8-10-12(14)15/h13H,1-7,9,11H2,(H,14,15). The van der Waals surface area contributed by atoms with Crippen LogP contribution in [0, 0.1) is 11.8 Å². The number of hydrogen-bond donors (Lipinski definition) is 2. The molecule has 0 aromatic carbocycles. The maximum atomic E-state index is 10.0. The van der Waals surface area contributed by atoms with Crippen LogP contribution in [-0.4, -0.2) is 22.8 Å². The van der Waals surface area contributed by atoms with Crippen molar-refractivity contribution in [2.24, 2.45) is 0 Å². The van der Waals surface area contributed by atoms with Crippen molar-refractivity contribution in [2.45, 2.75) is 51.4 Å². The number of hydrogen-bond acceptors (Lipinski definition) is 2. The van der Waals surface area contributed by atoms with Gasteiger partial charge in [-0.3, -0.25) is 0 Å². The van der Waals surface area contributed by atoms with E-state index in [1.54, 1.807) is 0 Å². The first-order valence-corrected chi connectivity index (χ1v) is 5.60. The van der Waals surface area contributed by atoms with E-state index in [2.05, 4.69) is 11.8 Å². The zero-order chi connectivity index (χ0) is 11.4. The minimum absolute atomic E-state index is 0.296. The lowest BCUT2D eigenvalue weighted by Gasteiger charge is -1.98. The molecule has 0 heterocycles. The van der Waals surface area contributed by atoms with Crippen molar-refractivity contribution in [1.29, 1.82) is 0 Å². The number of carboxylic acid groups (broad SMARTS) is 1. The van der Waals surface area contributed by atoms with E-state index in [1.165, 1.54) is 19.3 Å². The third-order valence-electron chi connectivity index (χ3n) is 2.16. The lowest BCUT2D eigenvalue weighted by molar-refractivity contribution is -0.130. The van der Waals surface area contributed by atoms with Gasteiger partial charge < -0.3 is 10.2 Å². The lowest BCUT2D eigenvalue weighted by Crippen LogP contribution is -1.86. The van der Waals surface area contributed by atoms with Crippen molar-refractivity contribution in [2.75, 3.05) is 6.61 Å². The second-order valence-corrected chi connectivity index (χ2v) is 3.56. The normalized spacial score (nSPS) is 9.40. The molecule has 0 saturated heterocycles. The average molecular weight is 212 g/mol. The second-order valence-electron chi connectivity index (χ2n) is 3.56. The molecule has 0 saturated carbocycles. The molecule has 0 amide bonds. The zero-order valence-electron chi connectivity index (χ0n) is 9.17. The van der Waals surface area contributed by atoms with E-state index in [4.69, 9.17) is 10.2 Å². The Bertz CT molecular complexity index is 213. The Morgan fingerprint density at radius 2 is 1.47 bits per heavy atom. The van der Waals surface area contributed by atoms with E-state index in [-0.39, 0.29) is 0 Å². The SMILES string of the molecule is O=C(O)C#CCCCCCCCCCO. The molecule has 0 atom stereocenters.